The molecule has 7 nitrogen and oxygen atoms in total. The average Bonchev–Trinajstić information content (AvgIpc) is 2.76. The highest BCUT2D eigenvalue weighted by Crippen LogP contribution is 2.27. The first kappa shape index (κ1) is 28.0. The first-order chi connectivity index (χ1) is 15.8. The summed E-state index contributed by atoms with van der Waals surface area (Å²) in [5.41, 5.74) is 1.78. The van der Waals surface area contributed by atoms with E-state index >= 15 is 0 Å². The number of hydrogen-bond acceptors (Lipinski definition) is 4. The first-order valence-corrected chi connectivity index (χ1v) is 13.5. The van der Waals surface area contributed by atoms with Crippen molar-refractivity contribution in [1.82, 2.24) is 10.2 Å². The van der Waals surface area contributed by atoms with Gasteiger partial charge in [-0.05, 0) is 51.5 Å². The van der Waals surface area contributed by atoms with E-state index in [1.807, 2.05) is 20.8 Å². The Balaban J connectivity index is 2.43. The van der Waals surface area contributed by atoms with Crippen molar-refractivity contribution in [3.63, 3.8) is 0 Å². The van der Waals surface area contributed by atoms with Gasteiger partial charge in [-0.25, -0.2) is 8.42 Å². The second-order valence-electron chi connectivity index (χ2n) is 8.32. The van der Waals surface area contributed by atoms with E-state index in [9.17, 15) is 18.0 Å². The molecule has 1 N–H and O–H groups in total. The van der Waals surface area contributed by atoms with Gasteiger partial charge in [-0.2, -0.15) is 0 Å². The lowest BCUT2D eigenvalue weighted by molar-refractivity contribution is -0.139. The third-order valence-corrected chi connectivity index (χ3v) is 7.41. The molecule has 0 fully saturated rings. The Morgan fingerprint density at radius 1 is 1.03 bits per heavy atom. The van der Waals surface area contributed by atoms with Crippen molar-refractivity contribution in [3.8, 4) is 0 Å². The zero-order valence-corrected chi connectivity index (χ0v) is 22.3. The largest absolute Gasteiger partial charge is 0.352 e. The zero-order chi connectivity index (χ0) is 25.6. The molecule has 2 aromatic carbocycles. The molecule has 0 saturated carbocycles. The van der Waals surface area contributed by atoms with Crippen molar-refractivity contribution in [2.24, 2.45) is 0 Å². The summed E-state index contributed by atoms with van der Waals surface area (Å²) in [5.74, 6) is -0.916. The number of hydrogen-bond donors (Lipinski definition) is 1. The molecule has 0 saturated heterocycles. The summed E-state index contributed by atoms with van der Waals surface area (Å²) >= 11 is 12.7. The Morgan fingerprint density at radius 2 is 1.59 bits per heavy atom. The highest BCUT2D eigenvalue weighted by molar-refractivity contribution is 7.92. The fourth-order valence-electron chi connectivity index (χ4n) is 3.23. The van der Waals surface area contributed by atoms with Crippen LogP contribution in [0, 0.1) is 6.92 Å². The van der Waals surface area contributed by atoms with Crippen LogP contribution in [-0.2, 0) is 26.2 Å². The number of nitrogens with one attached hydrogen (secondary N) is 1. The molecule has 0 aliphatic heterocycles. The van der Waals surface area contributed by atoms with Crippen molar-refractivity contribution in [1.29, 1.82) is 0 Å². The lowest BCUT2D eigenvalue weighted by atomic mass is 10.1. The number of aryl methyl sites for hydroxylation is 1. The molecule has 34 heavy (non-hydrogen) atoms. The molecule has 0 bridgehead atoms. The van der Waals surface area contributed by atoms with Crippen molar-refractivity contribution < 1.29 is 18.0 Å². The van der Waals surface area contributed by atoms with Crippen LogP contribution in [0.25, 0.3) is 0 Å². The van der Waals surface area contributed by atoms with Crippen LogP contribution < -0.4 is 9.62 Å². The van der Waals surface area contributed by atoms with E-state index < -0.39 is 28.5 Å². The summed E-state index contributed by atoms with van der Waals surface area (Å²) < 4.78 is 26.1. The maximum Gasteiger partial charge on any atom is 0.244 e. The summed E-state index contributed by atoms with van der Waals surface area (Å²) in [7, 11) is -3.78. The lowest BCUT2D eigenvalue weighted by Gasteiger charge is -2.32. The van der Waals surface area contributed by atoms with Gasteiger partial charge in [-0.3, -0.25) is 13.9 Å². The first-order valence-electron chi connectivity index (χ1n) is 10.9. The molecule has 2 amide bonds. The number of sulfonamides is 1. The van der Waals surface area contributed by atoms with Crippen molar-refractivity contribution >= 4 is 50.7 Å². The Morgan fingerprint density at radius 3 is 2.09 bits per heavy atom. The van der Waals surface area contributed by atoms with Gasteiger partial charge in [0, 0.05) is 28.2 Å². The number of nitrogens with zero attached hydrogens (tertiary/aromatic N) is 2. The monoisotopic (exact) mass is 527 g/mol. The van der Waals surface area contributed by atoms with E-state index in [2.05, 4.69) is 5.32 Å². The standard InChI is InChI=1S/C24H31Cl2N3O4S/c1-6-17(3)27-24(31)18(4)28(14-20-21(25)8-7-9-22(20)26)23(30)15-29(34(5,32)33)19-12-10-16(2)11-13-19/h7-13,17-18H,6,14-15H2,1-5H3,(H,27,31)/t17-,18-/m1/s1. The second-order valence-corrected chi connectivity index (χ2v) is 11.0. The van der Waals surface area contributed by atoms with Crippen molar-refractivity contribution in [2.75, 3.05) is 17.1 Å². The van der Waals surface area contributed by atoms with Crippen LogP contribution >= 0.6 is 23.2 Å². The van der Waals surface area contributed by atoms with Gasteiger partial charge in [0.25, 0.3) is 0 Å². The quantitative estimate of drug-likeness (QED) is 0.495. The predicted molar refractivity (Wildman–Crippen MR) is 138 cm³/mol. The van der Waals surface area contributed by atoms with Gasteiger partial charge in [0.05, 0.1) is 11.9 Å². The van der Waals surface area contributed by atoms with Gasteiger partial charge in [-0.1, -0.05) is 53.9 Å². The molecule has 0 aliphatic rings. The molecule has 0 radical (unpaired) electrons. The molecule has 10 heteroatoms. The Kier molecular flexibility index (Phi) is 9.79. The van der Waals surface area contributed by atoms with Gasteiger partial charge in [0.1, 0.15) is 12.6 Å². The van der Waals surface area contributed by atoms with E-state index in [1.165, 1.54) is 4.90 Å². The van der Waals surface area contributed by atoms with Crippen LogP contribution in [0.15, 0.2) is 42.5 Å². The minimum absolute atomic E-state index is 0.0576. The van der Waals surface area contributed by atoms with Crippen LogP contribution in [0.4, 0.5) is 5.69 Å². The van der Waals surface area contributed by atoms with E-state index in [0.29, 0.717) is 21.3 Å². The molecule has 0 spiro atoms. The van der Waals surface area contributed by atoms with Gasteiger partial charge in [-0.15, -0.1) is 0 Å². The SMILES string of the molecule is CC[C@@H](C)NC(=O)[C@@H](C)N(Cc1c(Cl)cccc1Cl)C(=O)CN(c1ccc(C)cc1)S(C)(=O)=O. The number of amides is 2. The fraction of sp³-hybridized carbons (Fsp3) is 0.417. The third-order valence-electron chi connectivity index (χ3n) is 5.56. The number of rotatable bonds is 10. The van der Waals surface area contributed by atoms with Crippen LogP contribution in [-0.4, -0.2) is 50.0 Å². The summed E-state index contributed by atoms with van der Waals surface area (Å²) in [6.07, 6.45) is 1.76. The lowest BCUT2D eigenvalue weighted by Crippen LogP contribution is -2.52. The molecule has 0 unspecified atom stereocenters. The maximum atomic E-state index is 13.5. The summed E-state index contributed by atoms with van der Waals surface area (Å²) in [6, 6.07) is 10.8. The molecule has 2 rings (SSSR count). The second kappa shape index (κ2) is 11.9. The highest BCUT2D eigenvalue weighted by atomic mass is 35.5. The normalized spacial score (nSPS) is 13.1. The van der Waals surface area contributed by atoms with Crippen LogP contribution in [0.3, 0.4) is 0 Å². The van der Waals surface area contributed by atoms with E-state index in [-0.39, 0.29) is 18.5 Å². The summed E-state index contributed by atoms with van der Waals surface area (Å²) in [4.78, 5) is 27.7. The van der Waals surface area contributed by atoms with Crippen LogP contribution in [0.2, 0.25) is 10.0 Å². The topological polar surface area (TPSA) is 86.8 Å². The van der Waals surface area contributed by atoms with Crippen LogP contribution in [0.1, 0.15) is 38.3 Å². The Labute approximate surface area is 212 Å². The van der Waals surface area contributed by atoms with E-state index in [4.69, 9.17) is 23.2 Å². The average molecular weight is 529 g/mol. The molecule has 2 atom stereocenters. The third kappa shape index (κ3) is 7.35. The molecule has 0 aromatic heterocycles. The van der Waals surface area contributed by atoms with Crippen molar-refractivity contribution in [2.45, 2.75) is 52.7 Å². The molecular formula is C24H31Cl2N3O4S. The molecule has 0 heterocycles. The Hall–Kier alpha value is -2.29. The molecule has 2 aromatic rings. The minimum Gasteiger partial charge on any atom is -0.352 e. The maximum absolute atomic E-state index is 13.5. The van der Waals surface area contributed by atoms with Gasteiger partial charge in [0.15, 0.2) is 0 Å². The van der Waals surface area contributed by atoms with Gasteiger partial charge < -0.3 is 10.2 Å². The Bertz CT molecular complexity index is 1100. The van der Waals surface area contributed by atoms with Gasteiger partial charge in [0.2, 0.25) is 21.8 Å². The van der Waals surface area contributed by atoms with Crippen LogP contribution in [0.5, 0.6) is 0 Å². The fourth-order valence-corrected chi connectivity index (χ4v) is 4.59. The van der Waals surface area contributed by atoms with Gasteiger partial charge >= 0.3 is 0 Å². The predicted octanol–water partition coefficient (Wildman–Crippen LogP) is 4.40. The van der Waals surface area contributed by atoms with E-state index in [1.54, 1.807) is 49.4 Å². The minimum atomic E-state index is -3.78. The summed E-state index contributed by atoms with van der Waals surface area (Å²) in [5, 5.41) is 3.56. The number of anilines is 1. The number of carbonyl (C=O) groups is 2. The number of halogens is 2. The summed E-state index contributed by atoms with van der Waals surface area (Å²) in [6.45, 7) is 6.74. The number of benzene rings is 2. The molecule has 186 valence electrons. The highest BCUT2D eigenvalue weighted by Gasteiger charge is 2.31. The van der Waals surface area contributed by atoms with E-state index in [0.717, 1.165) is 22.5 Å². The molecule has 0 aliphatic carbocycles. The smallest absolute Gasteiger partial charge is 0.244 e. The van der Waals surface area contributed by atoms with Crippen molar-refractivity contribution in [3.05, 3.63) is 63.6 Å². The molecular weight excluding hydrogens is 497 g/mol. The zero-order valence-electron chi connectivity index (χ0n) is 20.0. The number of carbonyl (C=O) groups excluding carboxylic acids is 2.